The van der Waals surface area contributed by atoms with Crippen molar-refractivity contribution >= 4 is 46.2 Å². The third kappa shape index (κ3) is 3.19. The molecule has 0 unspecified atom stereocenters. The number of fused-ring (bicyclic) bond motifs is 2. The molecule has 0 nitrogen and oxygen atoms in total. The Hall–Kier alpha value is -3.69. The summed E-state index contributed by atoms with van der Waals surface area (Å²) >= 11 is 0. The first-order chi connectivity index (χ1) is 17.1. The van der Waals surface area contributed by atoms with Gasteiger partial charge in [0.1, 0.15) is 0 Å². The SMILES string of the molecule is Fc1c(F)c(F)c(B2c3ccccc3B(c3c(F)c(F)c(F)c(F)c3F)c3ccccc32)c(F)c1F. The van der Waals surface area contributed by atoms with Crippen LogP contribution in [0.15, 0.2) is 48.5 Å². The molecule has 0 aliphatic carbocycles. The van der Waals surface area contributed by atoms with Crippen LogP contribution in [0.4, 0.5) is 43.9 Å². The van der Waals surface area contributed by atoms with Crippen LogP contribution in [0.2, 0.25) is 0 Å². The largest absolute Gasteiger partial charge is 0.248 e. The van der Waals surface area contributed by atoms with Gasteiger partial charge in [0.2, 0.25) is 13.4 Å². The third-order valence-corrected chi connectivity index (χ3v) is 6.30. The maximum atomic E-state index is 14.9. The molecule has 0 saturated carbocycles. The van der Waals surface area contributed by atoms with Crippen LogP contribution in [0, 0.1) is 58.2 Å². The fourth-order valence-electron chi connectivity index (χ4n) is 4.78. The van der Waals surface area contributed by atoms with E-state index in [-0.39, 0.29) is 21.9 Å². The van der Waals surface area contributed by atoms with Gasteiger partial charge in [-0.25, -0.2) is 43.9 Å². The van der Waals surface area contributed by atoms with Crippen molar-refractivity contribution in [1.82, 2.24) is 0 Å². The molecule has 0 N–H and O–H groups in total. The highest BCUT2D eigenvalue weighted by atomic mass is 19.2. The zero-order valence-electron chi connectivity index (χ0n) is 17.6. The average molecular weight is 508 g/mol. The number of hydrogen-bond acceptors (Lipinski definition) is 0. The molecule has 0 bridgehead atoms. The highest BCUT2D eigenvalue weighted by molar-refractivity contribution is 7.11. The van der Waals surface area contributed by atoms with Crippen molar-refractivity contribution < 1.29 is 43.9 Å². The third-order valence-electron chi connectivity index (χ3n) is 6.30. The van der Waals surface area contributed by atoms with Gasteiger partial charge in [0.15, 0.2) is 58.2 Å². The zero-order chi connectivity index (χ0) is 26.0. The second-order valence-electron chi connectivity index (χ2n) is 8.09. The minimum Gasteiger partial charge on any atom is -0.204 e. The Kier molecular flexibility index (Phi) is 5.65. The molecule has 1 aliphatic rings. The number of hydrogen-bond donors (Lipinski definition) is 0. The first-order valence-corrected chi connectivity index (χ1v) is 10.3. The molecule has 0 fully saturated rings. The van der Waals surface area contributed by atoms with Crippen LogP contribution in [-0.4, -0.2) is 13.4 Å². The van der Waals surface area contributed by atoms with Crippen molar-refractivity contribution in [3.05, 3.63) is 107 Å². The molecule has 0 radical (unpaired) electrons. The summed E-state index contributed by atoms with van der Waals surface area (Å²) in [5.41, 5.74) is -3.02. The molecular weight excluding hydrogens is 500 g/mol. The van der Waals surface area contributed by atoms with Crippen LogP contribution >= 0.6 is 0 Å². The van der Waals surface area contributed by atoms with Gasteiger partial charge in [0, 0.05) is 10.9 Å². The quantitative estimate of drug-likeness (QED) is 0.149. The predicted molar refractivity (Wildman–Crippen MR) is 115 cm³/mol. The van der Waals surface area contributed by atoms with Gasteiger partial charge in [-0.1, -0.05) is 70.4 Å². The maximum Gasteiger partial charge on any atom is 0.248 e. The molecular formula is C24H8B2F10. The maximum absolute atomic E-state index is 14.9. The van der Waals surface area contributed by atoms with Crippen molar-refractivity contribution in [2.24, 2.45) is 0 Å². The van der Waals surface area contributed by atoms with Crippen LogP contribution in [0.5, 0.6) is 0 Å². The fourth-order valence-corrected chi connectivity index (χ4v) is 4.78. The monoisotopic (exact) mass is 508 g/mol. The normalized spacial score (nSPS) is 12.6. The van der Waals surface area contributed by atoms with E-state index in [9.17, 15) is 43.9 Å². The summed E-state index contributed by atoms with van der Waals surface area (Å²) in [6.07, 6.45) is 0. The molecule has 36 heavy (non-hydrogen) atoms. The van der Waals surface area contributed by atoms with E-state index in [0.717, 1.165) is 0 Å². The van der Waals surface area contributed by atoms with Gasteiger partial charge < -0.3 is 0 Å². The molecule has 5 rings (SSSR count). The highest BCUT2D eigenvalue weighted by Crippen LogP contribution is 2.20. The molecule has 1 aliphatic heterocycles. The van der Waals surface area contributed by atoms with Gasteiger partial charge in [0.25, 0.3) is 0 Å². The van der Waals surface area contributed by atoms with Crippen LogP contribution in [0.1, 0.15) is 0 Å². The molecule has 4 aromatic carbocycles. The molecule has 0 spiro atoms. The van der Waals surface area contributed by atoms with E-state index in [0.29, 0.717) is 0 Å². The minimum atomic E-state index is -2.37. The number of benzene rings is 4. The van der Waals surface area contributed by atoms with Gasteiger partial charge in [-0.15, -0.1) is 0 Å². The van der Waals surface area contributed by atoms with E-state index in [1.54, 1.807) is 0 Å². The van der Waals surface area contributed by atoms with Crippen LogP contribution in [0.3, 0.4) is 0 Å². The summed E-state index contributed by atoms with van der Waals surface area (Å²) in [6, 6.07) is 10.2. The fraction of sp³-hybridized carbons (Fsp3) is 0. The molecule has 12 heteroatoms. The molecule has 0 atom stereocenters. The molecule has 0 amide bonds. The second kappa shape index (κ2) is 8.46. The van der Waals surface area contributed by atoms with Crippen molar-refractivity contribution in [3.8, 4) is 0 Å². The van der Waals surface area contributed by atoms with E-state index < -0.39 is 82.5 Å². The predicted octanol–water partition coefficient (Wildman–Crippen LogP) is 2.42. The second-order valence-corrected chi connectivity index (χ2v) is 8.09. The standard InChI is InChI=1S/C24H8B2F10/c27-15-13(16(28)20(32)23(35)19(15)31)25-9-5-1-2-6-10(9)26(12-8-4-3-7-11(12)25)14-17(29)21(33)24(36)22(34)18(14)30/h1-8H. The van der Waals surface area contributed by atoms with Crippen molar-refractivity contribution in [1.29, 1.82) is 0 Å². The van der Waals surface area contributed by atoms with E-state index in [1.165, 1.54) is 48.5 Å². The van der Waals surface area contributed by atoms with E-state index in [4.69, 9.17) is 0 Å². The van der Waals surface area contributed by atoms with E-state index in [1.807, 2.05) is 0 Å². The Morgan fingerprint density at radius 3 is 0.722 bits per heavy atom. The van der Waals surface area contributed by atoms with Gasteiger partial charge >= 0.3 is 0 Å². The van der Waals surface area contributed by atoms with Gasteiger partial charge in [-0.05, 0) is 0 Å². The summed E-state index contributed by atoms with van der Waals surface area (Å²) in [4.78, 5) is 0. The number of rotatable bonds is 2. The Bertz CT molecular complexity index is 1350. The lowest BCUT2D eigenvalue weighted by molar-refractivity contribution is 0.384. The van der Waals surface area contributed by atoms with E-state index in [2.05, 4.69) is 0 Å². The summed E-state index contributed by atoms with van der Waals surface area (Å²) in [5.74, 6) is -22.0. The average Bonchev–Trinajstić information content (AvgIpc) is 2.89. The van der Waals surface area contributed by atoms with Crippen LogP contribution in [-0.2, 0) is 0 Å². The molecule has 1 heterocycles. The summed E-state index contributed by atoms with van der Waals surface area (Å²) < 4.78 is 143. The van der Waals surface area contributed by atoms with Gasteiger partial charge in [0.05, 0.1) is 0 Å². The first kappa shape index (κ1) is 24.0. The Balaban J connectivity index is 1.89. The zero-order valence-corrected chi connectivity index (χ0v) is 17.6. The number of halogens is 10. The van der Waals surface area contributed by atoms with Gasteiger partial charge in [-0.2, -0.15) is 0 Å². The topological polar surface area (TPSA) is 0 Å². The molecule has 0 saturated heterocycles. The summed E-state index contributed by atoms with van der Waals surface area (Å²) in [7, 11) is 0. The summed E-state index contributed by atoms with van der Waals surface area (Å²) in [5, 5.41) is 0. The van der Waals surface area contributed by atoms with Crippen LogP contribution in [0.25, 0.3) is 0 Å². The lowest BCUT2D eigenvalue weighted by atomic mass is 9.21. The summed E-state index contributed by atoms with van der Waals surface area (Å²) in [6.45, 7) is -3.31. The lowest BCUT2D eigenvalue weighted by Gasteiger charge is -2.32. The Morgan fingerprint density at radius 1 is 0.306 bits per heavy atom. The molecule has 4 aromatic rings. The smallest absolute Gasteiger partial charge is 0.204 e. The van der Waals surface area contributed by atoms with Crippen molar-refractivity contribution in [3.63, 3.8) is 0 Å². The van der Waals surface area contributed by atoms with Crippen LogP contribution < -0.4 is 32.8 Å². The minimum absolute atomic E-state index is 0.145. The molecule has 0 aromatic heterocycles. The Labute approximate surface area is 197 Å². The van der Waals surface area contributed by atoms with E-state index >= 15 is 0 Å². The highest BCUT2D eigenvalue weighted by Gasteiger charge is 2.45. The van der Waals surface area contributed by atoms with Gasteiger partial charge in [-0.3, -0.25) is 0 Å². The molecule has 180 valence electrons. The first-order valence-electron chi connectivity index (χ1n) is 10.3. The Morgan fingerprint density at radius 2 is 0.500 bits per heavy atom. The van der Waals surface area contributed by atoms with Crippen molar-refractivity contribution in [2.75, 3.05) is 0 Å². The lowest BCUT2D eigenvalue weighted by Crippen LogP contribution is -2.76. The van der Waals surface area contributed by atoms with Crippen molar-refractivity contribution in [2.45, 2.75) is 0 Å².